The van der Waals surface area contributed by atoms with Crippen molar-refractivity contribution in [3.63, 3.8) is 0 Å². The van der Waals surface area contributed by atoms with Crippen LogP contribution < -0.4 is 10.1 Å². The van der Waals surface area contributed by atoms with Crippen molar-refractivity contribution in [2.75, 3.05) is 20.3 Å². The van der Waals surface area contributed by atoms with Gasteiger partial charge in [-0.15, -0.1) is 0 Å². The number of amides is 2. The maximum atomic E-state index is 13.0. The van der Waals surface area contributed by atoms with E-state index in [0.29, 0.717) is 27.1 Å². The minimum Gasteiger partial charge on any atom is -0.486 e. The van der Waals surface area contributed by atoms with E-state index in [1.54, 1.807) is 32.2 Å². The molecule has 1 N–H and O–H groups in total. The number of esters is 1. The SMILES string of the molecule is CCOC(=O)C1=C(COc2cc(Cl)ccc2Cl)N(C)C(=O)NC1c1ccc(C)cc1C. The topological polar surface area (TPSA) is 67.9 Å². The Balaban J connectivity index is 2.08. The minimum absolute atomic E-state index is 0.0699. The first-order chi connectivity index (χ1) is 14.7. The molecule has 0 bridgehead atoms. The molecule has 1 aliphatic heterocycles. The Bertz CT molecular complexity index is 1050. The second-order valence-corrected chi connectivity index (χ2v) is 8.09. The lowest BCUT2D eigenvalue weighted by molar-refractivity contribution is -0.139. The zero-order chi connectivity index (χ0) is 22.7. The summed E-state index contributed by atoms with van der Waals surface area (Å²) in [5.74, 6) is -0.164. The van der Waals surface area contributed by atoms with Crippen LogP contribution in [0.15, 0.2) is 47.7 Å². The van der Waals surface area contributed by atoms with E-state index >= 15 is 0 Å². The third kappa shape index (κ3) is 4.97. The quantitative estimate of drug-likeness (QED) is 0.598. The van der Waals surface area contributed by atoms with Gasteiger partial charge in [0.25, 0.3) is 0 Å². The molecule has 1 unspecified atom stereocenters. The molecule has 2 amide bonds. The molecule has 0 radical (unpaired) electrons. The van der Waals surface area contributed by atoms with Gasteiger partial charge >= 0.3 is 12.0 Å². The standard InChI is InChI=1S/C23H24Cl2N2O4/c1-5-30-22(28)20-18(12-31-19-11-15(24)7-9-17(19)25)27(4)23(29)26-21(20)16-8-6-13(2)10-14(16)3/h6-11,21H,5,12H2,1-4H3,(H,26,29). The fourth-order valence-electron chi connectivity index (χ4n) is 3.50. The summed E-state index contributed by atoms with van der Waals surface area (Å²) in [6.07, 6.45) is 0. The van der Waals surface area contributed by atoms with Gasteiger partial charge in [0, 0.05) is 18.1 Å². The number of urea groups is 1. The van der Waals surface area contributed by atoms with Gasteiger partial charge in [-0.2, -0.15) is 0 Å². The number of hydrogen-bond acceptors (Lipinski definition) is 4. The number of ether oxygens (including phenoxy) is 2. The molecule has 2 aromatic rings. The molecule has 6 nitrogen and oxygen atoms in total. The molecule has 0 fully saturated rings. The van der Waals surface area contributed by atoms with Gasteiger partial charge in [-0.05, 0) is 44.0 Å². The predicted molar refractivity (Wildman–Crippen MR) is 121 cm³/mol. The molecule has 1 aliphatic rings. The van der Waals surface area contributed by atoms with Crippen molar-refractivity contribution >= 4 is 35.2 Å². The van der Waals surface area contributed by atoms with Crippen molar-refractivity contribution < 1.29 is 19.1 Å². The number of nitrogens with one attached hydrogen (secondary N) is 1. The average Bonchev–Trinajstić information content (AvgIpc) is 2.71. The summed E-state index contributed by atoms with van der Waals surface area (Å²) in [5, 5.41) is 3.74. The molecule has 0 spiro atoms. The lowest BCUT2D eigenvalue weighted by atomic mass is 9.91. The molecule has 0 saturated heterocycles. The van der Waals surface area contributed by atoms with Crippen LogP contribution in [0.5, 0.6) is 5.75 Å². The Hall–Kier alpha value is -2.70. The second kappa shape index (κ2) is 9.62. The van der Waals surface area contributed by atoms with Crippen LogP contribution in [0.3, 0.4) is 0 Å². The highest BCUT2D eigenvalue weighted by molar-refractivity contribution is 6.34. The summed E-state index contributed by atoms with van der Waals surface area (Å²) in [5.41, 5.74) is 3.56. The lowest BCUT2D eigenvalue weighted by Gasteiger charge is -2.35. The molecule has 8 heteroatoms. The Kier molecular flexibility index (Phi) is 7.13. The fourth-order valence-corrected chi connectivity index (χ4v) is 3.83. The first kappa shape index (κ1) is 23.0. The van der Waals surface area contributed by atoms with E-state index in [2.05, 4.69) is 5.32 Å². The first-order valence-corrected chi connectivity index (χ1v) is 10.6. The Morgan fingerprint density at radius 2 is 1.90 bits per heavy atom. The highest BCUT2D eigenvalue weighted by Crippen LogP contribution is 2.34. The molecular formula is C23H24Cl2N2O4. The molecule has 0 aromatic heterocycles. The van der Waals surface area contributed by atoms with Crippen LogP contribution in [-0.4, -0.2) is 37.2 Å². The number of halogens is 2. The highest BCUT2D eigenvalue weighted by atomic mass is 35.5. The van der Waals surface area contributed by atoms with Crippen LogP contribution in [0.25, 0.3) is 0 Å². The van der Waals surface area contributed by atoms with Gasteiger partial charge in [0.1, 0.15) is 12.4 Å². The van der Waals surface area contributed by atoms with Gasteiger partial charge in [0.05, 0.1) is 28.9 Å². The first-order valence-electron chi connectivity index (χ1n) is 9.82. The summed E-state index contributed by atoms with van der Waals surface area (Å²) in [7, 11) is 1.57. The molecule has 1 atom stereocenters. The van der Waals surface area contributed by atoms with Gasteiger partial charge in [-0.3, -0.25) is 4.90 Å². The van der Waals surface area contributed by atoms with Crippen molar-refractivity contribution in [1.29, 1.82) is 0 Å². The van der Waals surface area contributed by atoms with Gasteiger partial charge in [0.15, 0.2) is 0 Å². The number of likely N-dealkylation sites (N-methyl/N-ethyl adjacent to an activating group) is 1. The molecule has 164 valence electrons. The van der Waals surface area contributed by atoms with Crippen LogP contribution in [-0.2, 0) is 9.53 Å². The highest BCUT2D eigenvalue weighted by Gasteiger charge is 2.37. The zero-order valence-corrected chi connectivity index (χ0v) is 19.3. The second-order valence-electron chi connectivity index (χ2n) is 7.25. The minimum atomic E-state index is -0.670. The van der Waals surface area contributed by atoms with E-state index in [-0.39, 0.29) is 19.2 Å². The van der Waals surface area contributed by atoms with Gasteiger partial charge in [-0.25, -0.2) is 9.59 Å². The number of nitrogens with zero attached hydrogens (tertiary/aromatic N) is 1. The number of rotatable bonds is 6. The van der Waals surface area contributed by atoms with E-state index in [9.17, 15) is 9.59 Å². The van der Waals surface area contributed by atoms with Gasteiger partial charge in [0.2, 0.25) is 0 Å². The lowest BCUT2D eigenvalue weighted by Crippen LogP contribution is -2.48. The summed E-state index contributed by atoms with van der Waals surface area (Å²) in [6, 6.07) is 9.69. The maximum Gasteiger partial charge on any atom is 0.338 e. The van der Waals surface area contributed by atoms with E-state index < -0.39 is 12.0 Å². The van der Waals surface area contributed by atoms with Crippen LogP contribution in [0.2, 0.25) is 10.0 Å². The van der Waals surface area contributed by atoms with E-state index in [1.807, 2.05) is 32.0 Å². The molecule has 1 heterocycles. The van der Waals surface area contributed by atoms with E-state index in [1.165, 1.54) is 4.90 Å². The van der Waals surface area contributed by atoms with Gasteiger partial charge < -0.3 is 14.8 Å². The Morgan fingerprint density at radius 3 is 2.58 bits per heavy atom. The number of carbonyl (C=O) groups excluding carboxylic acids is 2. The van der Waals surface area contributed by atoms with Crippen molar-refractivity contribution in [3.8, 4) is 5.75 Å². The predicted octanol–water partition coefficient (Wildman–Crippen LogP) is 5.20. The summed E-state index contributed by atoms with van der Waals surface area (Å²) >= 11 is 12.2. The normalized spacial score (nSPS) is 16.3. The van der Waals surface area contributed by atoms with Crippen molar-refractivity contribution in [2.45, 2.75) is 26.8 Å². The van der Waals surface area contributed by atoms with Crippen LogP contribution in [0.4, 0.5) is 4.79 Å². The number of carbonyl (C=O) groups is 2. The van der Waals surface area contributed by atoms with Crippen LogP contribution >= 0.6 is 23.2 Å². The van der Waals surface area contributed by atoms with Crippen LogP contribution in [0, 0.1) is 13.8 Å². The molecule has 0 aliphatic carbocycles. The third-order valence-electron chi connectivity index (χ3n) is 5.07. The smallest absolute Gasteiger partial charge is 0.338 e. The fraction of sp³-hybridized carbons (Fsp3) is 0.304. The Morgan fingerprint density at radius 1 is 1.16 bits per heavy atom. The maximum absolute atomic E-state index is 13.0. The summed E-state index contributed by atoms with van der Waals surface area (Å²) in [4.78, 5) is 27.1. The molecule has 3 rings (SSSR count). The van der Waals surface area contributed by atoms with E-state index in [0.717, 1.165) is 16.7 Å². The molecule has 0 saturated carbocycles. The monoisotopic (exact) mass is 462 g/mol. The zero-order valence-electron chi connectivity index (χ0n) is 17.8. The third-order valence-corrected chi connectivity index (χ3v) is 5.61. The van der Waals surface area contributed by atoms with Gasteiger partial charge in [-0.1, -0.05) is 47.0 Å². The number of benzene rings is 2. The van der Waals surface area contributed by atoms with Crippen molar-refractivity contribution in [3.05, 3.63) is 74.4 Å². The Labute approximate surface area is 191 Å². The molecular weight excluding hydrogens is 439 g/mol. The summed E-state index contributed by atoms with van der Waals surface area (Å²) < 4.78 is 11.2. The average molecular weight is 463 g/mol. The van der Waals surface area contributed by atoms with Crippen LogP contribution in [0.1, 0.15) is 29.7 Å². The largest absolute Gasteiger partial charge is 0.486 e. The number of hydrogen-bond donors (Lipinski definition) is 1. The van der Waals surface area contributed by atoms with Crippen molar-refractivity contribution in [1.82, 2.24) is 10.2 Å². The summed E-state index contributed by atoms with van der Waals surface area (Å²) in [6.45, 7) is 5.79. The van der Waals surface area contributed by atoms with Crippen molar-refractivity contribution in [2.24, 2.45) is 0 Å². The van der Waals surface area contributed by atoms with E-state index in [4.69, 9.17) is 32.7 Å². The molecule has 2 aromatic carbocycles. The molecule has 31 heavy (non-hydrogen) atoms. The number of aryl methyl sites for hydroxylation is 2.